The Morgan fingerprint density at radius 3 is 2.46 bits per heavy atom. The van der Waals surface area contributed by atoms with Crippen LogP contribution in [0.3, 0.4) is 0 Å². The molecular formula is C18H17Br2N5O2S. The van der Waals surface area contributed by atoms with Crippen molar-refractivity contribution in [3.63, 3.8) is 0 Å². The summed E-state index contributed by atoms with van der Waals surface area (Å²) in [6.45, 7) is 1.98. The number of aromatic nitrogens is 3. The first-order valence-electron chi connectivity index (χ1n) is 8.12. The third kappa shape index (κ3) is 4.68. The monoisotopic (exact) mass is 525 g/mol. The van der Waals surface area contributed by atoms with Crippen LogP contribution in [0.1, 0.15) is 5.56 Å². The Morgan fingerprint density at radius 2 is 1.86 bits per heavy atom. The van der Waals surface area contributed by atoms with E-state index in [1.807, 2.05) is 43.3 Å². The lowest BCUT2D eigenvalue weighted by molar-refractivity contribution is -0.113. The van der Waals surface area contributed by atoms with E-state index in [1.165, 1.54) is 16.4 Å². The second-order valence-electron chi connectivity index (χ2n) is 5.85. The van der Waals surface area contributed by atoms with Crippen molar-refractivity contribution in [1.82, 2.24) is 14.9 Å². The van der Waals surface area contributed by atoms with Crippen LogP contribution in [0.25, 0.3) is 11.4 Å². The van der Waals surface area contributed by atoms with Gasteiger partial charge in [-0.3, -0.25) is 4.79 Å². The Bertz CT molecular complexity index is 985. The first-order valence-corrected chi connectivity index (χ1v) is 10.7. The highest BCUT2D eigenvalue weighted by Crippen LogP contribution is 2.32. The second-order valence-corrected chi connectivity index (χ2v) is 8.50. The molecule has 0 spiro atoms. The van der Waals surface area contributed by atoms with Gasteiger partial charge < -0.3 is 15.9 Å². The largest absolute Gasteiger partial charge is 0.497 e. The highest BCUT2D eigenvalue weighted by Gasteiger charge is 2.15. The van der Waals surface area contributed by atoms with E-state index >= 15 is 0 Å². The van der Waals surface area contributed by atoms with Crippen LogP contribution in [0.2, 0.25) is 0 Å². The Labute approximate surface area is 183 Å². The first kappa shape index (κ1) is 20.7. The van der Waals surface area contributed by atoms with E-state index in [-0.39, 0.29) is 11.7 Å². The van der Waals surface area contributed by atoms with Gasteiger partial charge in [-0.2, -0.15) is 0 Å². The van der Waals surface area contributed by atoms with Gasteiger partial charge in [-0.05, 0) is 80.7 Å². The summed E-state index contributed by atoms with van der Waals surface area (Å²) in [6, 6.07) is 11.2. The van der Waals surface area contributed by atoms with Gasteiger partial charge in [-0.1, -0.05) is 11.8 Å². The lowest BCUT2D eigenvalue weighted by Gasteiger charge is -2.10. The molecule has 0 unspecified atom stereocenters. The van der Waals surface area contributed by atoms with Crippen molar-refractivity contribution < 1.29 is 9.53 Å². The minimum Gasteiger partial charge on any atom is -0.497 e. The van der Waals surface area contributed by atoms with Gasteiger partial charge in [0.05, 0.1) is 18.6 Å². The molecule has 1 aromatic heterocycles. The summed E-state index contributed by atoms with van der Waals surface area (Å²) in [4.78, 5) is 12.3. The molecule has 7 nitrogen and oxygen atoms in total. The normalized spacial score (nSPS) is 10.7. The van der Waals surface area contributed by atoms with Gasteiger partial charge >= 0.3 is 0 Å². The van der Waals surface area contributed by atoms with Crippen LogP contribution < -0.4 is 15.9 Å². The van der Waals surface area contributed by atoms with Crippen LogP contribution in [0.4, 0.5) is 5.69 Å². The summed E-state index contributed by atoms with van der Waals surface area (Å²) in [7, 11) is 1.61. The Hall–Kier alpha value is -2.04. The molecule has 0 fully saturated rings. The fourth-order valence-electron chi connectivity index (χ4n) is 2.44. The number of nitrogen functional groups attached to an aromatic ring is 1. The second kappa shape index (κ2) is 8.97. The molecule has 3 N–H and O–H groups in total. The van der Waals surface area contributed by atoms with Crippen LogP contribution in [0.15, 0.2) is 50.5 Å². The molecule has 0 saturated heterocycles. The smallest absolute Gasteiger partial charge is 0.234 e. The van der Waals surface area contributed by atoms with Gasteiger partial charge in [0.1, 0.15) is 5.75 Å². The molecule has 0 aliphatic rings. The predicted molar refractivity (Wildman–Crippen MR) is 118 cm³/mol. The van der Waals surface area contributed by atoms with E-state index in [4.69, 9.17) is 10.6 Å². The van der Waals surface area contributed by atoms with E-state index in [0.717, 1.165) is 25.8 Å². The van der Waals surface area contributed by atoms with Crippen molar-refractivity contribution in [2.45, 2.75) is 12.1 Å². The highest BCUT2D eigenvalue weighted by molar-refractivity contribution is 9.11. The van der Waals surface area contributed by atoms with E-state index in [1.54, 1.807) is 7.11 Å². The molecule has 10 heteroatoms. The fourth-order valence-corrected chi connectivity index (χ4v) is 4.71. The minimum absolute atomic E-state index is 0.144. The van der Waals surface area contributed by atoms with Gasteiger partial charge in [0, 0.05) is 14.5 Å². The number of amides is 1. The van der Waals surface area contributed by atoms with E-state index in [0.29, 0.717) is 16.7 Å². The zero-order valence-corrected chi connectivity index (χ0v) is 19.1. The number of aryl methyl sites for hydroxylation is 1. The van der Waals surface area contributed by atoms with Crippen LogP contribution in [-0.2, 0) is 4.79 Å². The summed E-state index contributed by atoms with van der Waals surface area (Å²) < 4.78 is 8.13. The van der Waals surface area contributed by atoms with Crippen LogP contribution >= 0.6 is 43.6 Å². The van der Waals surface area contributed by atoms with Crippen molar-refractivity contribution in [3.05, 3.63) is 50.9 Å². The van der Waals surface area contributed by atoms with Gasteiger partial charge in [0.25, 0.3) is 0 Å². The standard InChI is InChI=1S/C18H17Br2N5O2S/c1-10-7-13(19)16(14(20)8-10)22-15(26)9-28-18-24-23-17(25(18)21)11-3-5-12(27-2)6-4-11/h3-8H,9,21H2,1-2H3,(H,22,26). The Morgan fingerprint density at radius 1 is 1.21 bits per heavy atom. The van der Waals surface area contributed by atoms with Gasteiger partial charge in [-0.25, -0.2) is 4.68 Å². The predicted octanol–water partition coefficient (Wildman–Crippen LogP) is 4.23. The van der Waals surface area contributed by atoms with Gasteiger partial charge in [0.2, 0.25) is 11.1 Å². The van der Waals surface area contributed by atoms with E-state index < -0.39 is 0 Å². The average molecular weight is 527 g/mol. The maximum Gasteiger partial charge on any atom is 0.234 e. The summed E-state index contributed by atoms with van der Waals surface area (Å²) in [5, 5.41) is 11.5. The topological polar surface area (TPSA) is 95.1 Å². The number of anilines is 1. The van der Waals surface area contributed by atoms with Crippen LogP contribution in [-0.4, -0.2) is 33.6 Å². The highest BCUT2D eigenvalue weighted by atomic mass is 79.9. The molecule has 0 radical (unpaired) electrons. The molecule has 146 valence electrons. The molecule has 1 heterocycles. The maximum absolute atomic E-state index is 12.3. The molecule has 0 atom stereocenters. The molecule has 28 heavy (non-hydrogen) atoms. The number of rotatable bonds is 6. The zero-order valence-electron chi connectivity index (χ0n) is 15.1. The van der Waals surface area contributed by atoms with Crippen molar-refractivity contribution in [1.29, 1.82) is 0 Å². The number of halogens is 2. The first-order chi connectivity index (χ1) is 13.4. The fraction of sp³-hybridized carbons (Fsp3) is 0.167. The number of ether oxygens (including phenoxy) is 1. The van der Waals surface area contributed by atoms with Gasteiger partial charge in [-0.15, -0.1) is 10.2 Å². The molecular weight excluding hydrogens is 510 g/mol. The quantitative estimate of drug-likeness (QED) is 0.368. The molecule has 3 aromatic rings. The van der Waals surface area contributed by atoms with Crippen LogP contribution in [0.5, 0.6) is 5.75 Å². The number of hydrogen-bond acceptors (Lipinski definition) is 6. The number of carbonyl (C=O) groups excluding carboxylic acids is 1. The van der Waals surface area contributed by atoms with E-state index in [2.05, 4.69) is 47.4 Å². The molecule has 0 saturated carbocycles. The molecule has 3 rings (SSSR count). The maximum atomic E-state index is 12.3. The lowest BCUT2D eigenvalue weighted by atomic mass is 10.2. The number of thioether (sulfide) groups is 1. The van der Waals surface area contributed by atoms with Crippen molar-refractivity contribution >= 4 is 55.2 Å². The minimum atomic E-state index is -0.177. The third-order valence-corrected chi connectivity index (χ3v) is 5.99. The van der Waals surface area contributed by atoms with Crippen molar-refractivity contribution in [2.24, 2.45) is 0 Å². The van der Waals surface area contributed by atoms with Crippen LogP contribution in [0, 0.1) is 6.92 Å². The Kier molecular flexibility index (Phi) is 6.63. The molecule has 0 bridgehead atoms. The summed E-state index contributed by atoms with van der Waals surface area (Å²) >= 11 is 8.14. The number of nitrogens with zero attached hydrogens (tertiary/aromatic N) is 3. The summed E-state index contributed by atoms with van der Waals surface area (Å²) in [6.07, 6.45) is 0. The number of nitrogens with one attached hydrogen (secondary N) is 1. The molecule has 0 aliphatic heterocycles. The number of methoxy groups -OCH3 is 1. The lowest BCUT2D eigenvalue weighted by Crippen LogP contribution is -2.17. The SMILES string of the molecule is COc1ccc(-c2nnc(SCC(=O)Nc3c(Br)cc(C)cc3Br)n2N)cc1. The number of benzene rings is 2. The number of hydrogen-bond donors (Lipinski definition) is 2. The zero-order chi connectivity index (χ0) is 20.3. The third-order valence-electron chi connectivity index (χ3n) is 3.80. The molecule has 0 aliphatic carbocycles. The summed E-state index contributed by atoms with van der Waals surface area (Å²) in [5.74, 6) is 7.32. The molecule has 2 aromatic carbocycles. The number of carbonyl (C=O) groups is 1. The number of nitrogens with two attached hydrogens (primary N) is 1. The Balaban J connectivity index is 1.66. The average Bonchev–Trinajstić information content (AvgIpc) is 3.03. The van der Waals surface area contributed by atoms with Crippen molar-refractivity contribution in [3.8, 4) is 17.1 Å². The summed E-state index contributed by atoms with van der Waals surface area (Å²) in [5.41, 5.74) is 2.57. The van der Waals surface area contributed by atoms with E-state index in [9.17, 15) is 4.79 Å². The van der Waals surface area contributed by atoms with Gasteiger partial charge in [0.15, 0.2) is 5.82 Å². The molecule has 1 amide bonds. The van der Waals surface area contributed by atoms with Crippen molar-refractivity contribution in [2.75, 3.05) is 24.0 Å².